The minimum atomic E-state index is -1.14. The smallest absolute Gasteiger partial charge is 0.323 e. The first kappa shape index (κ1) is 20.3. The zero-order valence-corrected chi connectivity index (χ0v) is 15.9. The van der Waals surface area contributed by atoms with Crippen molar-refractivity contribution < 1.29 is 29.0 Å². The van der Waals surface area contributed by atoms with Gasteiger partial charge in [-0.3, -0.25) is 14.4 Å². The van der Waals surface area contributed by atoms with Gasteiger partial charge in [0.15, 0.2) is 6.10 Å². The second-order valence-electron chi connectivity index (χ2n) is 6.62. The Morgan fingerprint density at radius 1 is 1.17 bits per heavy atom. The number of nitrogens with one attached hydrogen (secondary N) is 1. The predicted octanol–water partition coefficient (Wildman–Crippen LogP) is 1.36. The van der Waals surface area contributed by atoms with E-state index in [1.165, 1.54) is 4.90 Å². The highest BCUT2D eigenvalue weighted by molar-refractivity contribution is 5.88. The Morgan fingerprint density at radius 2 is 1.86 bits per heavy atom. The van der Waals surface area contributed by atoms with Gasteiger partial charge in [0.1, 0.15) is 18.9 Å². The number of carboxylic acids is 1. The third-order valence-corrected chi connectivity index (χ3v) is 4.59. The van der Waals surface area contributed by atoms with Crippen LogP contribution in [0.3, 0.4) is 0 Å². The number of ether oxygens (including phenoxy) is 2. The summed E-state index contributed by atoms with van der Waals surface area (Å²) >= 11 is 0. The van der Waals surface area contributed by atoms with Gasteiger partial charge < -0.3 is 24.8 Å². The normalized spacial score (nSPS) is 18.6. The molecule has 1 heterocycles. The molecule has 0 radical (unpaired) electrons. The third kappa shape index (κ3) is 5.11. The Morgan fingerprint density at radius 3 is 2.48 bits per heavy atom. The van der Waals surface area contributed by atoms with E-state index < -0.39 is 30.6 Å². The quantitative estimate of drug-likeness (QED) is 0.730. The van der Waals surface area contributed by atoms with Crippen LogP contribution >= 0.6 is 0 Å². The van der Waals surface area contributed by atoms with E-state index in [0.717, 1.165) is 5.56 Å². The molecular weight excluding hydrogens is 376 g/mol. The first-order chi connectivity index (χ1) is 14.0. The van der Waals surface area contributed by atoms with Gasteiger partial charge in [-0.2, -0.15) is 0 Å². The molecule has 3 rings (SSSR count). The summed E-state index contributed by atoms with van der Waals surface area (Å²) in [6, 6.07) is 15.3. The van der Waals surface area contributed by atoms with E-state index in [1.807, 2.05) is 6.07 Å². The van der Waals surface area contributed by atoms with E-state index in [1.54, 1.807) is 55.6 Å². The number of hydrogen-bond acceptors (Lipinski definition) is 5. The van der Waals surface area contributed by atoms with E-state index >= 15 is 0 Å². The fourth-order valence-electron chi connectivity index (χ4n) is 3.19. The summed E-state index contributed by atoms with van der Waals surface area (Å²) in [6.45, 7) is -0.659. The monoisotopic (exact) mass is 398 g/mol. The van der Waals surface area contributed by atoms with Crippen molar-refractivity contribution in [3.63, 3.8) is 0 Å². The summed E-state index contributed by atoms with van der Waals surface area (Å²) in [7, 11) is 1.55. The van der Waals surface area contributed by atoms with E-state index in [-0.39, 0.29) is 19.1 Å². The van der Waals surface area contributed by atoms with Crippen LogP contribution in [0.4, 0.5) is 0 Å². The number of hydrogen-bond donors (Lipinski definition) is 2. The zero-order valence-electron chi connectivity index (χ0n) is 15.9. The molecule has 1 aliphatic rings. The molecule has 1 saturated heterocycles. The lowest BCUT2D eigenvalue weighted by Gasteiger charge is -2.34. The number of carbonyl (C=O) groups is 3. The van der Waals surface area contributed by atoms with Crippen molar-refractivity contribution in [2.24, 2.45) is 0 Å². The standard InChI is InChI=1S/C21H22N2O6/c1-28-16-9-7-14(8-10-16)11-23(12-18(25)26)21(27)20-19(22-17(24)13-29-20)15-5-3-2-4-6-15/h2-10,19-20H,11-13H2,1H3,(H,22,24)(H,25,26)/t19-,20-/m1/s1. The molecule has 0 spiro atoms. The van der Waals surface area contributed by atoms with Crippen LogP contribution < -0.4 is 10.1 Å². The van der Waals surface area contributed by atoms with Crippen LogP contribution in [0, 0.1) is 0 Å². The second-order valence-corrected chi connectivity index (χ2v) is 6.62. The number of aliphatic carboxylic acids is 1. The van der Waals surface area contributed by atoms with Crippen molar-refractivity contribution in [2.45, 2.75) is 18.7 Å². The highest BCUT2D eigenvalue weighted by Gasteiger charge is 2.38. The molecule has 0 aromatic heterocycles. The van der Waals surface area contributed by atoms with Gasteiger partial charge in [-0.1, -0.05) is 42.5 Å². The molecule has 2 aromatic rings. The van der Waals surface area contributed by atoms with Crippen LogP contribution in [0.25, 0.3) is 0 Å². The van der Waals surface area contributed by atoms with Gasteiger partial charge in [-0.05, 0) is 23.3 Å². The molecule has 8 nitrogen and oxygen atoms in total. The summed E-state index contributed by atoms with van der Waals surface area (Å²) in [6.07, 6.45) is -1.02. The number of methoxy groups -OCH3 is 1. The molecule has 0 unspecified atom stereocenters. The summed E-state index contributed by atoms with van der Waals surface area (Å²) in [5, 5.41) is 12.1. The fraction of sp³-hybridized carbons (Fsp3) is 0.286. The molecule has 8 heteroatoms. The average Bonchev–Trinajstić information content (AvgIpc) is 2.73. The van der Waals surface area contributed by atoms with Gasteiger partial charge >= 0.3 is 5.97 Å². The average molecular weight is 398 g/mol. The highest BCUT2D eigenvalue weighted by Crippen LogP contribution is 2.25. The number of amides is 2. The van der Waals surface area contributed by atoms with E-state index in [2.05, 4.69) is 5.32 Å². The Labute approximate surface area is 168 Å². The van der Waals surface area contributed by atoms with Gasteiger partial charge in [-0.15, -0.1) is 0 Å². The van der Waals surface area contributed by atoms with Crippen LogP contribution in [-0.2, 0) is 25.7 Å². The molecule has 0 bridgehead atoms. The SMILES string of the molecule is COc1ccc(CN(CC(=O)O)C(=O)[C@@H]2OCC(=O)N[C@@H]2c2ccccc2)cc1. The first-order valence-corrected chi connectivity index (χ1v) is 9.07. The number of carboxylic acid groups (broad SMARTS) is 1. The summed E-state index contributed by atoms with van der Waals surface area (Å²) in [5.74, 6) is -1.31. The van der Waals surface area contributed by atoms with Crippen LogP contribution in [-0.4, -0.2) is 54.2 Å². The molecule has 2 N–H and O–H groups in total. The fourth-order valence-corrected chi connectivity index (χ4v) is 3.19. The highest BCUT2D eigenvalue weighted by atomic mass is 16.5. The van der Waals surface area contributed by atoms with Crippen molar-refractivity contribution in [1.82, 2.24) is 10.2 Å². The molecule has 29 heavy (non-hydrogen) atoms. The molecular formula is C21H22N2O6. The summed E-state index contributed by atoms with van der Waals surface area (Å²) in [4.78, 5) is 37.6. The van der Waals surface area contributed by atoms with Crippen LogP contribution in [0.1, 0.15) is 17.2 Å². The Kier molecular flexibility index (Phi) is 6.46. The van der Waals surface area contributed by atoms with Crippen molar-refractivity contribution >= 4 is 17.8 Å². The van der Waals surface area contributed by atoms with Crippen LogP contribution in [0.5, 0.6) is 5.75 Å². The molecule has 2 aromatic carbocycles. The zero-order chi connectivity index (χ0) is 20.8. The first-order valence-electron chi connectivity index (χ1n) is 9.07. The number of rotatable bonds is 7. The predicted molar refractivity (Wildman–Crippen MR) is 103 cm³/mol. The van der Waals surface area contributed by atoms with Gasteiger partial charge in [0.2, 0.25) is 5.91 Å². The Hall–Kier alpha value is -3.39. The second kappa shape index (κ2) is 9.20. The maximum absolute atomic E-state index is 13.2. The Bertz CT molecular complexity index is 868. The minimum Gasteiger partial charge on any atom is -0.497 e. The summed E-state index contributed by atoms with van der Waals surface area (Å²) < 4.78 is 10.7. The number of benzene rings is 2. The number of carbonyl (C=O) groups excluding carboxylic acids is 2. The molecule has 1 aliphatic heterocycles. The molecule has 1 fully saturated rings. The third-order valence-electron chi connectivity index (χ3n) is 4.59. The van der Waals surface area contributed by atoms with Crippen molar-refractivity contribution in [1.29, 1.82) is 0 Å². The van der Waals surface area contributed by atoms with Gasteiger partial charge in [-0.25, -0.2) is 0 Å². The van der Waals surface area contributed by atoms with E-state index in [0.29, 0.717) is 11.3 Å². The lowest BCUT2D eigenvalue weighted by atomic mass is 9.98. The van der Waals surface area contributed by atoms with Gasteiger partial charge in [0.05, 0.1) is 13.2 Å². The molecule has 0 saturated carbocycles. The van der Waals surface area contributed by atoms with Crippen molar-refractivity contribution in [2.75, 3.05) is 20.3 Å². The van der Waals surface area contributed by atoms with Crippen molar-refractivity contribution in [3.05, 3.63) is 65.7 Å². The maximum Gasteiger partial charge on any atom is 0.323 e. The Balaban J connectivity index is 1.84. The van der Waals surface area contributed by atoms with E-state index in [4.69, 9.17) is 9.47 Å². The maximum atomic E-state index is 13.2. The molecule has 152 valence electrons. The molecule has 2 atom stereocenters. The van der Waals surface area contributed by atoms with Gasteiger partial charge in [0.25, 0.3) is 5.91 Å². The van der Waals surface area contributed by atoms with Crippen molar-refractivity contribution in [3.8, 4) is 5.75 Å². The molecule has 2 amide bonds. The van der Waals surface area contributed by atoms with Gasteiger partial charge in [0, 0.05) is 6.54 Å². The minimum absolute atomic E-state index is 0.0877. The van der Waals surface area contributed by atoms with E-state index in [9.17, 15) is 19.5 Å². The van der Waals surface area contributed by atoms with Crippen LogP contribution in [0.2, 0.25) is 0 Å². The largest absolute Gasteiger partial charge is 0.497 e. The summed E-state index contributed by atoms with van der Waals surface area (Å²) in [5.41, 5.74) is 1.45. The molecule has 0 aliphatic carbocycles. The van der Waals surface area contributed by atoms with Crippen LogP contribution in [0.15, 0.2) is 54.6 Å². The number of morpholine rings is 1. The number of nitrogens with zero attached hydrogens (tertiary/aromatic N) is 1. The lowest BCUT2D eigenvalue weighted by Crippen LogP contribution is -2.53. The topological polar surface area (TPSA) is 105 Å². The lowest BCUT2D eigenvalue weighted by molar-refractivity contribution is -0.159.